The van der Waals surface area contributed by atoms with Crippen LogP contribution in [0.2, 0.25) is 0 Å². The Balaban J connectivity index is 2.47. The molecule has 134 valence electrons. The van der Waals surface area contributed by atoms with Gasteiger partial charge in [-0.3, -0.25) is 0 Å². The summed E-state index contributed by atoms with van der Waals surface area (Å²) in [7, 11) is 0. The highest BCUT2D eigenvalue weighted by Gasteiger charge is 2.25. The van der Waals surface area contributed by atoms with Gasteiger partial charge in [0.1, 0.15) is 0 Å². The standard InChI is InChI=1S/C23H30IN/c1-21(2,3)15-9-11-19-17(13-15)18-14-16(22(4,5)6)10-12-20(18)25(19)23(7,8)24/h9-14H,1-8H3. The van der Waals surface area contributed by atoms with Crippen molar-refractivity contribution in [3.05, 3.63) is 47.5 Å². The van der Waals surface area contributed by atoms with E-state index >= 15 is 0 Å². The van der Waals surface area contributed by atoms with Gasteiger partial charge in [-0.05, 0) is 60.1 Å². The predicted molar refractivity (Wildman–Crippen MR) is 120 cm³/mol. The molecule has 0 saturated carbocycles. The molecule has 0 aliphatic rings. The van der Waals surface area contributed by atoms with Crippen LogP contribution >= 0.6 is 22.6 Å². The summed E-state index contributed by atoms with van der Waals surface area (Å²) in [4.78, 5) is 0. The summed E-state index contributed by atoms with van der Waals surface area (Å²) in [6.45, 7) is 18.3. The van der Waals surface area contributed by atoms with Crippen LogP contribution in [-0.2, 0) is 14.4 Å². The zero-order valence-electron chi connectivity index (χ0n) is 16.8. The van der Waals surface area contributed by atoms with Crippen molar-refractivity contribution < 1.29 is 0 Å². The van der Waals surface area contributed by atoms with Gasteiger partial charge in [-0.2, -0.15) is 0 Å². The molecule has 0 atom stereocenters. The molecule has 0 fully saturated rings. The van der Waals surface area contributed by atoms with Crippen LogP contribution < -0.4 is 0 Å². The van der Waals surface area contributed by atoms with Gasteiger partial charge in [-0.1, -0.05) is 76.3 Å². The zero-order chi connectivity index (χ0) is 18.8. The summed E-state index contributed by atoms with van der Waals surface area (Å²) in [5, 5.41) is 2.75. The minimum Gasteiger partial charge on any atom is -0.326 e. The number of hydrogen-bond donors (Lipinski definition) is 0. The number of hydrogen-bond acceptors (Lipinski definition) is 0. The molecule has 2 aromatic carbocycles. The third-order valence-electron chi connectivity index (χ3n) is 5.03. The molecule has 0 radical (unpaired) electrons. The largest absolute Gasteiger partial charge is 0.326 e. The second kappa shape index (κ2) is 5.73. The van der Waals surface area contributed by atoms with Crippen LogP contribution in [0.3, 0.4) is 0 Å². The number of benzene rings is 2. The molecule has 3 rings (SSSR count). The number of aromatic nitrogens is 1. The molecule has 0 aliphatic heterocycles. The van der Waals surface area contributed by atoms with Gasteiger partial charge in [0.05, 0.1) is 14.6 Å². The van der Waals surface area contributed by atoms with Gasteiger partial charge in [-0.15, -0.1) is 0 Å². The van der Waals surface area contributed by atoms with E-state index in [0.29, 0.717) is 0 Å². The van der Waals surface area contributed by atoms with Crippen LogP contribution in [0.25, 0.3) is 21.8 Å². The van der Waals surface area contributed by atoms with Crippen molar-refractivity contribution in [1.29, 1.82) is 0 Å². The summed E-state index contributed by atoms with van der Waals surface area (Å²) in [6.07, 6.45) is 0. The Morgan fingerprint density at radius 2 is 1.00 bits per heavy atom. The fourth-order valence-electron chi connectivity index (χ4n) is 3.53. The fourth-order valence-corrected chi connectivity index (χ4v) is 4.05. The van der Waals surface area contributed by atoms with E-state index < -0.39 is 0 Å². The number of rotatable bonds is 1. The van der Waals surface area contributed by atoms with Crippen molar-refractivity contribution in [2.75, 3.05) is 0 Å². The van der Waals surface area contributed by atoms with E-state index in [-0.39, 0.29) is 14.4 Å². The smallest absolute Gasteiger partial charge is 0.0910 e. The molecule has 0 aliphatic carbocycles. The fraction of sp³-hybridized carbons (Fsp3) is 0.478. The Bertz CT molecular complexity index is 869. The van der Waals surface area contributed by atoms with Gasteiger partial charge in [0.25, 0.3) is 0 Å². The van der Waals surface area contributed by atoms with E-state index in [0.717, 1.165) is 0 Å². The number of halogens is 1. The summed E-state index contributed by atoms with van der Waals surface area (Å²) in [6, 6.07) is 14.0. The highest BCUT2D eigenvalue weighted by molar-refractivity contribution is 14.1. The molecule has 0 amide bonds. The lowest BCUT2D eigenvalue weighted by molar-refractivity contribution is 0.590. The van der Waals surface area contributed by atoms with Crippen molar-refractivity contribution in [3.8, 4) is 0 Å². The van der Waals surface area contributed by atoms with Gasteiger partial charge in [0, 0.05) is 10.8 Å². The maximum absolute atomic E-state index is 2.55. The van der Waals surface area contributed by atoms with E-state index in [4.69, 9.17) is 0 Å². The lowest BCUT2D eigenvalue weighted by atomic mass is 9.85. The average molecular weight is 447 g/mol. The summed E-state index contributed by atoms with van der Waals surface area (Å²) in [5.74, 6) is 0. The first-order valence-corrected chi connectivity index (χ1v) is 10.2. The maximum atomic E-state index is 2.55. The normalized spacial score (nSPS) is 13.8. The maximum Gasteiger partial charge on any atom is 0.0910 e. The predicted octanol–water partition coefficient (Wildman–Crippen LogP) is 7.52. The molecule has 3 aromatic rings. The Labute approximate surface area is 165 Å². The van der Waals surface area contributed by atoms with Crippen LogP contribution in [0, 0.1) is 0 Å². The topological polar surface area (TPSA) is 4.93 Å². The summed E-state index contributed by atoms with van der Waals surface area (Å²) >= 11 is 2.55. The summed E-state index contributed by atoms with van der Waals surface area (Å²) < 4.78 is 2.50. The van der Waals surface area contributed by atoms with Crippen molar-refractivity contribution in [2.45, 2.75) is 69.8 Å². The molecule has 0 unspecified atom stereocenters. The quantitative estimate of drug-likeness (QED) is 0.269. The van der Waals surface area contributed by atoms with Crippen LogP contribution in [0.1, 0.15) is 66.5 Å². The van der Waals surface area contributed by atoms with Crippen molar-refractivity contribution in [1.82, 2.24) is 4.57 Å². The number of alkyl halides is 1. The SMILES string of the molecule is CC(C)(C)c1ccc2c(c1)c1cc(C(C)(C)C)ccc1n2C(C)(C)I. The van der Waals surface area contributed by atoms with Crippen molar-refractivity contribution in [3.63, 3.8) is 0 Å². The first-order chi connectivity index (χ1) is 11.3. The van der Waals surface area contributed by atoms with E-state index in [1.165, 1.54) is 32.9 Å². The van der Waals surface area contributed by atoms with E-state index in [1.54, 1.807) is 0 Å². The molecule has 2 heteroatoms. The number of fused-ring (bicyclic) bond motifs is 3. The molecule has 0 spiro atoms. The van der Waals surface area contributed by atoms with E-state index in [2.05, 4.69) is 119 Å². The molecule has 0 N–H and O–H groups in total. The van der Waals surface area contributed by atoms with Crippen LogP contribution in [0.15, 0.2) is 36.4 Å². The third kappa shape index (κ3) is 3.34. The molecule has 1 heterocycles. The molecule has 0 bridgehead atoms. The minimum atomic E-state index is 0.0181. The van der Waals surface area contributed by atoms with Crippen LogP contribution in [0.4, 0.5) is 0 Å². The number of nitrogens with zero attached hydrogens (tertiary/aromatic N) is 1. The zero-order valence-corrected chi connectivity index (χ0v) is 18.9. The molecule has 25 heavy (non-hydrogen) atoms. The van der Waals surface area contributed by atoms with E-state index in [1.807, 2.05) is 0 Å². The molecule has 1 aromatic heterocycles. The van der Waals surface area contributed by atoms with Gasteiger partial charge in [0.15, 0.2) is 0 Å². The Kier molecular flexibility index (Phi) is 4.30. The molecular weight excluding hydrogens is 417 g/mol. The Morgan fingerprint density at radius 1 is 0.640 bits per heavy atom. The van der Waals surface area contributed by atoms with E-state index in [9.17, 15) is 0 Å². The first kappa shape index (κ1) is 18.8. The van der Waals surface area contributed by atoms with Gasteiger partial charge < -0.3 is 4.57 Å². The lowest BCUT2D eigenvalue weighted by Crippen LogP contribution is -2.17. The van der Waals surface area contributed by atoms with Gasteiger partial charge in [0.2, 0.25) is 0 Å². The lowest BCUT2D eigenvalue weighted by Gasteiger charge is -2.23. The highest BCUT2D eigenvalue weighted by atomic mass is 127. The third-order valence-corrected chi connectivity index (χ3v) is 5.51. The molecule has 1 nitrogen and oxygen atoms in total. The minimum absolute atomic E-state index is 0.0181. The van der Waals surface area contributed by atoms with Gasteiger partial charge in [-0.25, -0.2) is 0 Å². The monoisotopic (exact) mass is 447 g/mol. The summed E-state index contributed by atoms with van der Waals surface area (Å²) in [5.41, 5.74) is 5.76. The second-order valence-corrected chi connectivity index (χ2v) is 12.3. The van der Waals surface area contributed by atoms with Crippen molar-refractivity contribution >= 4 is 44.4 Å². The Morgan fingerprint density at radius 3 is 1.28 bits per heavy atom. The van der Waals surface area contributed by atoms with Crippen LogP contribution in [-0.4, -0.2) is 4.57 Å². The van der Waals surface area contributed by atoms with Crippen molar-refractivity contribution in [2.24, 2.45) is 0 Å². The Hall–Kier alpha value is -1.03. The average Bonchev–Trinajstić information content (AvgIpc) is 2.77. The van der Waals surface area contributed by atoms with Crippen LogP contribution in [0.5, 0.6) is 0 Å². The molecule has 0 saturated heterocycles. The molecular formula is C23H30IN. The first-order valence-electron chi connectivity index (χ1n) is 9.09. The second-order valence-electron chi connectivity index (χ2n) is 9.71. The highest BCUT2D eigenvalue weighted by Crippen LogP contribution is 2.40. The van der Waals surface area contributed by atoms with Gasteiger partial charge >= 0.3 is 0 Å².